The molecule has 90 valence electrons. The van der Waals surface area contributed by atoms with Crippen molar-refractivity contribution in [2.45, 2.75) is 25.9 Å². The molecule has 0 aromatic carbocycles. The van der Waals surface area contributed by atoms with Crippen LogP contribution in [0.5, 0.6) is 0 Å². The van der Waals surface area contributed by atoms with Crippen molar-refractivity contribution >= 4 is 11.6 Å². The summed E-state index contributed by atoms with van der Waals surface area (Å²) in [4.78, 5) is 6.71. The van der Waals surface area contributed by atoms with Crippen molar-refractivity contribution in [3.05, 3.63) is 17.2 Å². The second kappa shape index (κ2) is 4.73. The predicted molar refractivity (Wildman–Crippen MR) is 65.3 cm³/mol. The number of likely N-dealkylation sites (tertiary alicyclic amines) is 1. The number of hydrogen-bond acceptors (Lipinski definition) is 3. The van der Waals surface area contributed by atoms with E-state index in [9.17, 15) is 0 Å². The first kappa shape index (κ1) is 11.9. The highest BCUT2D eigenvalue weighted by molar-refractivity contribution is 6.29. The minimum atomic E-state index is 0.348. The number of rotatable bonds is 2. The number of hydrogen-bond donors (Lipinski definition) is 1. The smallest absolute Gasteiger partial charge is 0.128 e. The Hall–Kier alpha value is -0.580. The normalized spacial score (nSPS) is 27.2. The van der Waals surface area contributed by atoms with Gasteiger partial charge in [0.25, 0.3) is 0 Å². The standard InChI is InChI=1S/C11H19ClN4/c1-8-6-16(4-3-9(8)13)7-11-14-5-10(12)15(11)2/h5,8-9H,3-4,6-7,13H2,1-2H3. The van der Waals surface area contributed by atoms with Crippen LogP contribution in [0, 0.1) is 5.92 Å². The molecule has 1 saturated heterocycles. The Labute approximate surface area is 101 Å². The van der Waals surface area contributed by atoms with Crippen molar-refractivity contribution in [1.82, 2.24) is 14.5 Å². The SMILES string of the molecule is CC1CN(Cc2ncc(Cl)n2C)CCC1N. The van der Waals surface area contributed by atoms with Gasteiger partial charge in [0.2, 0.25) is 0 Å². The van der Waals surface area contributed by atoms with Crippen LogP contribution in [-0.2, 0) is 13.6 Å². The first-order valence-electron chi connectivity index (χ1n) is 5.72. The average molecular weight is 243 g/mol. The topological polar surface area (TPSA) is 47.1 Å². The number of imidazole rings is 1. The molecule has 0 radical (unpaired) electrons. The van der Waals surface area contributed by atoms with E-state index in [1.165, 1.54) is 0 Å². The number of aromatic nitrogens is 2. The van der Waals surface area contributed by atoms with Gasteiger partial charge in [0.15, 0.2) is 0 Å². The molecule has 0 amide bonds. The van der Waals surface area contributed by atoms with Gasteiger partial charge in [0.1, 0.15) is 11.0 Å². The lowest BCUT2D eigenvalue weighted by atomic mass is 9.95. The van der Waals surface area contributed by atoms with Crippen LogP contribution in [0.1, 0.15) is 19.2 Å². The van der Waals surface area contributed by atoms with Crippen LogP contribution in [0.2, 0.25) is 5.15 Å². The highest BCUT2D eigenvalue weighted by Crippen LogP contribution is 2.18. The van der Waals surface area contributed by atoms with Crippen molar-refractivity contribution in [1.29, 1.82) is 0 Å². The van der Waals surface area contributed by atoms with E-state index in [4.69, 9.17) is 17.3 Å². The molecule has 1 aliphatic rings. The van der Waals surface area contributed by atoms with Gasteiger partial charge >= 0.3 is 0 Å². The largest absolute Gasteiger partial charge is 0.327 e. The van der Waals surface area contributed by atoms with E-state index in [1.54, 1.807) is 6.20 Å². The zero-order valence-corrected chi connectivity index (χ0v) is 10.6. The quantitative estimate of drug-likeness (QED) is 0.849. The maximum absolute atomic E-state index is 6.00. The molecule has 2 rings (SSSR count). The zero-order valence-electron chi connectivity index (χ0n) is 9.86. The summed E-state index contributed by atoms with van der Waals surface area (Å²) in [5.41, 5.74) is 6.00. The molecule has 1 aromatic heterocycles. The number of nitrogens with zero attached hydrogens (tertiary/aromatic N) is 3. The second-order valence-electron chi connectivity index (χ2n) is 4.72. The van der Waals surface area contributed by atoms with Gasteiger partial charge < -0.3 is 10.3 Å². The van der Waals surface area contributed by atoms with Gasteiger partial charge in [-0.3, -0.25) is 4.90 Å². The summed E-state index contributed by atoms with van der Waals surface area (Å²) in [6.45, 7) is 5.17. The van der Waals surface area contributed by atoms with Gasteiger partial charge in [-0.15, -0.1) is 0 Å². The Balaban J connectivity index is 1.98. The first-order chi connectivity index (χ1) is 7.58. The molecular formula is C11H19ClN4. The zero-order chi connectivity index (χ0) is 11.7. The highest BCUT2D eigenvalue weighted by Gasteiger charge is 2.23. The summed E-state index contributed by atoms with van der Waals surface area (Å²) in [6.07, 6.45) is 2.77. The average Bonchev–Trinajstić information content (AvgIpc) is 2.55. The van der Waals surface area contributed by atoms with Crippen molar-refractivity contribution in [2.75, 3.05) is 13.1 Å². The molecule has 0 saturated carbocycles. The maximum atomic E-state index is 6.00. The molecule has 0 bridgehead atoms. The van der Waals surface area contributed by atoms with E-state index in [2.05, 4.69) is 16.8 Å². The Morgan fingerprint density at radius 3 is 2.94 bits per heavy atom. The Bertz CT molecular complexity index is 363. The molecule has 16 heavy (non-hydrogen) atoms. The van der Waals surface area contributed by atoms with E-state index in [-0.39, 0.29) is 0 Å². The molecule has 1 aliphatic heterocycles. The Morgan fingerprint density at radius 1 is 1.62 bits per heavy atom. The van der Waals surface area contributed by atoms with Crippen LogP contribution in [0.4, 0.5) is 0 Å². The first-order valence-corrected chi connectivity index (χ1v) is 6.09. The van der Waals surface area contributed by atoms with E-state index in [1.807, 2.05) is 11.6 Å². The number of nitrogens with two attached hydrogens (primary N) is 1. The Morgan fingerprint density at radius 2 is 2.38 bits per heavy atom. The van der Waals surface area contributed by atoms with Gasteiger partial charge in [0.05, 0.1) is 12.7 Å². The fourth-order valence-corrected chi connectivity index (χ4v) is 2.31. The molecule has 2 unspecified atom stereocenters. The predicted octanol–water partition coefficient (Wildman–Crippen LogP) is 1.24. The molecular weight excluding hydrogens is 224 g/mol. The van der Waals surface area contributed by atoms with E-state index < -0.39 is 0 Å². The van der Waals surface area contributed by atoms with Crippen molar-refractivity contribution in [2.24, 2.45) is 18.7 Å². The molecule has 2 N–H and O–H groups in total. The third-order valence-corrected chi connectivity index (χ3v) is 3.80. The minimum absolute atomic E-state index is 0.348. The third-order valence-electron chi connectivity index (χ3n) is 3.45. The maximum Gasteiger partial charge on any atom is 0.128 e. The van der Waals surface area contributed by atoms with Crippen LogP contribution in [-0.4, -0.2) is 33.6 Å². The lowest BCUT2D eigenvalue weighted by Gasteiger charge is -2.34. The van der Waals surface area contributed by atoms with E-state index in [0.29, 0.717) is 17.1 Å². The second-order valence-corrected chi connectivity index (χ2v) is 5.11. The summed E-state index contributed by atoms with van der Waals surface area (Å²) in [6, 6.07) is 0.348. The van der Waals surface area contributed by atoms with Crippen molar-refractivity contribution < 1.29 is 0 Å². The molecule has 2 atom stereocenters. The van der Waals surface area contributed by atoms with Crippen LogP contribution in [0.15, 0.2) is 6.20 Å². The number of halogens is 1. The third kappa shape index (κ3) is 2.39. The fourth-order valence-electron chi connectivity index (χ4n) is 2.16. The van der Waals surface area contributed by atoms with Gasteiger partial charge in [-0.2, -0.15) is 0 Å². The minimum Gasteiger partial charge on any atom is -0.327 e. The van der Waals surface area contributed by atoms with Gasteiger partial charge in [-0.05, 0) is 12.3 Å². The molecule has 4 nitrogen and oxygen atoms in total. The summed E-state index contributed by atoms with van der Waals surface area (Å²) >= 11 is 5.96. The highest BCUT2D eigenvalue weighted by atomic mass is 35.5. The van der Waals surface area contributed by atoms with Crippen LogP contribution in [0.25, 0.3) is 0 Å². The lowest BCUT2D eigenvalue weighted by molar-refractivity contribution is 0.153. The van der Waals surface area contributed by atoms with E-state index >= 15 is 0 Å². The molecule has 1 aromatic rings. The van der Waals surface area contributed by atoms with Crippen LogP contribution >= 0.6 is 11.6 Å². The van der Waals surface area contributed by atoms with Gasteiger partial charge in [-0.25, -0.2) is 4.98 Å². The summed E-state index contributed by atoms with van der Waals surface area (Å²) in [5, 5.41) is 0.691. The van der Waals surface area contributed by atoms with Crippen LogP contribution < -0.4 is 5.73 Å². The Kier molecular flexibility index (Phi) is 3.52. The summed E-state index contributed by atoms with van der Waals surface area (Å²) in [5.74, 6) is 1.58. The molecule has 0 spiro atoms. The molecule has 0 aliphatic carbocycles. The van der Waals surface area contributed by atoms with Gasteiger partial charge in [-0.1, -0.05) is 18.5 Å². The summed E-state index contributed by atoms with van der Waals surface area (Å²) < 4.78 is 1.93. The molecule has 1 fully saturated rings. The van der Waals surface area contributed by atoms with Crippen molar-refractivity contribution in [3.8, 4) is 0 Å². The van der Waals surface area contributed by atoms with Crippen LogP contribution in [0.3, 0.4) is 0 Å². The van der Waals surface area contributed by atoms with E-state index in [0.717, 1.165) is 31.9 Å². The molecule has 2 heterocycles. The fraction of sp³-hybridized carbons (Fsp3) is 0.727. The number of piperidine rings is 1. The molecule has 5 heteroatoms. The van der Waals surface area contributed by atoms with Gasteiger partial charge in [0, 0.05) is 26.2 Å². The van der Waals surface area contributed by atoms with Crippen molar-refractivity contribution in [3.63, 3.8) is 0 Å². The monoisotopic (exact) mass is 242 g/mol. The lowest BCUT2D eigenvalue weighted by Crippen LogP contribution is -2.45. The summed E-state index contributed by atoms with van der Waals surface area (Å²) in [7, 11) is 1.95.